The van der Waals surface area contributed by atoms with Crippen molar-refractivity contribution < 1.29 is 4.42 Å². The van der Waals surface area contributed by atoms with E-state index in [1.54, 1.807) is 0 Å². The highest BCUT2D eigenvalue weighted by Gasteiger charge is 2.11. The van der Waals surface area contributed by atoms with Gasteiger partial charge in [0.1, 0.15) is 0 Å². The Morgan fingerprint density at radius 3 is 2.65 bits per heavy atom. The summed E-state index contributed by atoms with van der Waals surface area (Å²) in [7, 11) is 0. The number of nitrogens with one attached hydrogen (secondary N) is 2. The largest absolute Gasteiger partial charge is 0.407 e. The molecule has 2 N–H and O–H groups in total. The van der Waals surface area contributed by atoms with Crippen LogP contribution in [-0.4, -0.2) is 22.8 Å². The molecule has 0 aliphatic carbocycles. The molecule has 0 aromatic carbocycles. The van der Waals surface area contributed by atoms with Crippen molar-refractivity contribution in [1.82, 2.24) is 15.5 Å². The highest BCUT2D eigenvalue weighted by Crippen LogP contribution is 2.14. The molecule has 1 aromatic heterocycles. The topological polar surface area (TPSA) is 63.0 Å². The van der Waals surface area contributed by atoms with Crippen LogP contribution in [0.15, 0.2) is 4.42 Å². The average molecular weight is 240 g/mol. The molecular weight excluding hydrogens is 216 g/mol. The van der Waals surface area contributed by atoms with Gasteiger partial charge in [-0.15, -0.1) is 5.10 Å². The van der Waals surface area contributed by atoms with Gasteiger partial charge >= 0.3 is 6.01 Å². The minimum absolute atomic E-state index is 0.359. The Kier molecular flexibility index (Phi) is 5.97. The van der Waals surface area contributed by atoms with Gasteiger partial charge in [0.05, 0.1) is 6.54 Å². The number of hydrogen-bond donors (Lipinski definition) is 2. The molecule has 0 aliphatic rings. The number of aromatic nitrogens is 2. The van der Waals surface area contributed by atoms with Crippen LogP contribution in [0.3, 0.4) is 0 Å². The number of rotatable bonds is 8. The number of hydrogen-bond acceptors (Lipinski definition) is 5. The summed E-state index contributed by atoms with van der Waals surface area (Å²) in [5, 5.41) is 14.3. The standard InChI is InChI=1S/C12H24N4O/c1-5-9(3)7-10(4)14-12-16-15-11(17-12)8-13-6-2/h9-10,13H,5-8H2,1-4H3,(H,14,16). The molecule has 0 radical (unpaired) electrons. The Hall–Kier alpha value is -1.10. The van der Waals surface area contributed by atoms with Crippen LogP contribution in [0.1, 0.15) is 46.4 Å². The van der Waals surface area contributed by atoms with Gasteiger partial charge in [0, 0.05) is 6.04 Å². The first kappa shape index (κ1) is 14.0. The van der Waals surface area contributed by atoms with Crippen molar-refractivity contribution in [1.29, 1.82) is 0 Å². The van der Waals surface area contributed by atoms with Crippen molar-refractivity contribution in [2.45, 2.75) is 53.1 Å². The quantitative estimate of drug-likeness (QED) is 0.730. The molecule has 5 heteroatoms. The van der Waals surface area contributed by atoms with E-state index >= 15 is 0 Å². The maximum atomic E-state index is 5.48. The summed E-state index contributed by atoms with van der Waals surface area (Å²) in [6.45, 7) is 10.2. The van der Waals surface area contributed by atoms with Gasteiger partial charge in [-0.3, -0.25) is 0 Å². The molecule has 1 heterocycles. The lowest BCUT2D eigenvalue weighted by Gasteiger charge is -2.15. The molecule has 0 saturated carbocycles. The van der Waals surface area contributed by atoms with Gasteiger partial charge in [0.2, 0.25) is 5.89 Å². The second-order valence-electron chi connectivity index (χ2n) is 4.58. The van der Waals surface area contributed by atoms with Crippen LogP contribution in [-0.2, 0) is 6.54 Å². The molecule has 17 heavy (non-hydrogen) atoms. The highest BCUT2D eigenvalue weighted by molar-refractivity contribution is 5.18. The van der Waals surface area contributed by atoms with Gasteiger partial charge in [-0.2, -0.15) is 0 Å². The van der Waals surface area contributed by atoms with Crippen molar-refractivity contribution in [2.24, 2.45) is 5.92 Å². The Labute approximate surface area is 103 Å². The highest BCUT2D eigenvalue weighted by atomic mass is 16.4. The average Bonchev–Trinajstić information content (AvgIpc) is 2.73. The summed E-state index contributed by atoms with van der Waals surface area (Å²) in [5.41, 5.74) is 0. The lowest BCUT2D eigenvalue weighted by Crippen LogP contribution is -2.18. The third kappa shape index (κ3) is 5.17. The molecule has 0 amide bonds. The van der Waals surface area contributed by atoms with E-state index in [2.05, 4.69) is 41.6 Å². The molecule has 2 unspecified atom stereocenters. The second-order valence-corrected chi connectivity index (χ2v) is 4.58. The Balaban J connectivity index is 2.37. The first-order valence-electron chi connectivity index (χ1n) is 6.45. The lowest BCUT2D eigenvalue weighted by molar-refractivity contribution is 0.454. The second kappa shape index (κ2) is 7.27. The van der Waals surface area contributed by atoms with E-state index in [9.17, 15) is 0 Å². The maximum absolute atomic E-state index is 5.48. The fourth-order valence-electron chi connectivity index (χ4n) is 1.66. The van der Waals surface area contributed by atoms with Crippen LogP contribution in [0, 0.1) is 5.92 Å². The summed E-state index contributed by atoms with van der Waals surface area (Å²) in [6.07, 6.45) is 2.31. The van der Waals surface area contributed by atoms with E-state index in [0.29, 0.717) is 30.4 Å². The predicted octanol–water partition coefficient (Wildman–Crippen LogP) is 2.42. The van der Waals surface area contributed by atoms with Crippen molar-refractivity contribution in [3.05, 3.63) is 5.89 Å². The van der Waals surface area contributed by atoms with Crippen LogP contribution >= 0.6 is 0 Å². The third-order valence-electron chi connectivity index (χ3n) is 2.82. The normalized spacial score (nSPS) is 14.6. The Morgan fingerprint density at radius 1 is 1.24 bits per heavy atom. The minimum atomic E-state index is 0.359. The summed E-state index contributed by atoms with van der Waals surface area (Å²) >= 11 is 0. The molecule has 1 aromatic rings. The van der Waals surface area contributed by atoms with Crippen LogP contribution in [0.4, 0.5) is 6.01 Å². The van der Waals surface area contributed by atoms with Crippen LogP contribution in [0.2, 0.25) is 0 Å². The van der Waals surface area contributed by atoms with E-state index < -0.39 is 0 Å². The van der Waals surface area contributed by atoms with Gasteiger partial charge in [0.25, 0.3) is 0 Å². The Morgan fingerprint density at radius 2 is 2.00 bits per heavy atom. The molecule has 0 fully saturated rings. The first-order valence-corrected chi connectivity index (χ1v) is 6.45. The Bertz CT molecular complexity index is 313. The van der Waals surface area contributed by atoms with E-state index in [-0.39, 0.29) is 0 Å². The van der Waals surface area contributed by atoms with Gasteiger partial charge < -0.3 is 15.1 Å². The minimum Gasteiger partial charge on any atom is -0.407 e. The van der Waals surface area contributed by atoms with E-state index in [1.165, 1.54) is 6.42 Å². The van der Waals surface area contributed by atoms with Gasteiger partial charge in [-0.25, -0.2) is 0 Å². The molecule has 0 bridgehead atoms. The summed E-state index contributed by atoms with van der Waals surface area (Å²) in [6, 6.07) is 0.881. The van der Waals surface area contributed by atoms with Gasteiger partial charge in [0.15, 0.2) is 0 Å². The van der Waals surface area contributed by atoms with E-state index in [1.807, 2.05) is 6.92 Å². The molecule has 5 nitrogen and oxygen atoms in total. The van der Waals surface area contributed by atoms with Crippen molar-refractivity contribution >= 4 is 6.01 Å². The maximum Gasteiger partial charge on any atom is 0.315 e. The zero-order chi connectivity index (χ0) is 12.7. The fraction of sp³-hybridized carbons (Fsp3) is 0.833. The third-order valence-corrected chi connectivity index (χ3v) is 2.82. The SMILES string of the molecule is CCNCc1nnc(NC(C)CC(C)CC)o1. The fourth-order valence-corrected chi connectivity index (χ4v) is 1.66. The van der Waals surface area contributed by atoms with Crippen LogP contribution in [0.5, 0.6) is 0 Å². The molecule has 2 atom stereocenters. The predicted molar refractivity (Wildman–Crippen MR) is 68.8 cm³/mol. The summed E-state index contributed by atoms with van der Waals surface area (Å²) in [4.78, 5) is 0. The molecular formula is C12H24N4O. The zero-order valence-corrected chi connectivity index (χ0v) is 11.3. The molecule has 1 rings (SSSR count). The van der Waals surface area contributed by atoms with Gasteiger partial charge in [-0.1, -0.05) is 32.3 Å². The summed E-state index contributed by atoms with van der Waals surface area (Å²) in [5.74, 6) is 1.34. The number of anilines is 1. The molecule has 0 spiro atoms. The summed E-state index contributed by atoms with van der Waals surface area (Å²) < 4.78 is 5.48. The van der Waals surface area contributed by atoms with Crippen molar-refractivity contribution in [3.8, 4) is 0 Å². The smallest absolute Gasteiger partial charge is 0.315 e. The van der Waals surface area contributed by atoms with Crippen molar-refractivity contribution in [3.63, 3.8) is 0 Å². The molecule has 0 aliphatic heterocycles. The van der Waals surface area contributed by atoms with E-state index in [0.717, 1.165) is 13.0 Å². The first-order chi connectivity index (χ1) is 8.15. The molecule has 0 saturated heterocycles. The van der Waals surface area contributed by atoms with Crippen LogP contribution < -0.4 is 10.6 Å². The monoisotopic (exact) mass is 240 g/mol. The zero-order valence-electron chi connectivity index (χ0n) is 11.3. The number of nitrogens with zero attached hydrogens (tertiary/aromatic N) is 2. The van der Waals surface area contributed by atoms with Crippen molar-refractivity contribution in [2.75, 3.05) is 11.9 Å². The van der Waals surface area contributed by atoms with Crippen LogP contribution in [0.25, 0.3) is 0 Å². The van der Waals surface area contributed by atoms with Gasteiger partial charge in [-0.05, 0) is 25.8 Å². The lowest BCUT2D eigenvalue weighted by atomic mass is 10.0. The van der Waals surface area contributed by atoms with E-state index in [4.69, 9.17) is 4.42 Å². The molecule has 98 valence electrons.